The molecule has 0 spiro atoms. The van der Waals surface area contributed by atoms with Crippen LogP contribution in [0.4, 0.5) is 5.69 Å². The average Bonchev–Trinajstić information content (AvgIpc) is 2.78. The quantitative estimate of drug-likeness (QED) is 0.534. The maximum absolute atomic E-state index is 11.9. The summed E-state index contributed by atoms with van der Waals surface area (Å²) in [5.41, 5.74) is 9.20. The Morgan fingerprint density at radius 1 is 1.29 bits per heavy atom. The first-order valence-corrected chi connectivity index (χ1v) is 8.69. The highest BCUT2D eigenvalue weighted by Crippen LogP contribution is 2.19. The Labute approximate surface area is 155 Å². The number of rotatable bonds is 4. The van der Waals surface area contributed by atoms with Gasteiger partial charge in [0.1, 0.15) is 0 Å². The number of benzene rings is 1. The van der Waals surface area contributed by atoms with E-state index in [1.165, 1.54) is 0 Å². The second kappa shape index (κ2) is 8.25. The second-order valence-electron chi connectivity index (χ2n) is 5.45. The molecule has 128 valence electrons. The zero-order chi connectivity index (χ0) is 17.7. The molecule has 0 radical (unpaired) electrons. The van der Waals surface area contributed by atoms with E-state index < -0.39 is 0 Å². The molecule has 1 aromatic carbocycles. The van der Waals surface area contributed by atoms with Crippen molar-refractivity contribution in [2.75, 3.05) is 5.32 Å². The van der Waals surface area contributed by atoms with E-state index in [-0.39, 0.29) is 5.91 Å². The van der Waals surface area contributed by atoms with E-state index in [2.05, 4.69) is 37.2 Å². The minimum Gasteiger partial charge on any atom is -0.331 e. The third kappa shape index (κ3) is 5.04. The SMILES string of the molecule is Cc1cccc(NC(=S)NNC(=O)CCn2nc(C)c(Br)c2C)c1. The molecule has 24 heavy (non-hydrogen) atoms. The van der Waals surface area contributed by atoms with Gasteiger partial charge in [-0.3, -0.25) is 20.3 Å². The maximum atomic E-state index is 11.9. The van der Waals surface area contributed by atoms with Gasteiger partial charge in [-0.1, -0.05) is 12.1 Å². The first-order valence-electron chi connectivity index (χ1n) is 7.49. The van der Waals surface area contributed by atoms with Gasteiger partial charge in [-0.05, 0) is 66.6 Å². The van der Waals surface area contributed by atoms with Crippen LogP contribution in [0, 0.1) is 20.8 Å². The number of anilines is 1. The van der Waals surface area contributed by atoms with Crippen molar-refractivity contribution >= 4 is 44.9 Å². The van der Waals surface area contributed by atoms with E-state index in [4.69, 9.17) is 12.2 Å². The molecule has 0 fully saturated rings. The summed E-state index contributed by atoms with van der Waals surface area (Å²) in [6.07, 6.45) is 0.300. The monoisotopic (exact) mass is 409 g/mol. The van der Waals surface area contributed by atoms with E-state index in [9.17, 15) is 4.79 Å². The highest BCUT2D eigenvalue weighted by atomic mass is 79.9. The van der Waals surface area contributed by atoms with Crippen LogP contribution < -0.4 is 16.2 Å². The van der Waals surface area contributed by atoms with Gasteiger partial charge in [0.25, 0.3) is 0 Å². The fourth-order valence-electron chi connectivity index (χ4n) is 2.17. The van der Waals surface area contributed by atoms with Crippen LogP contribution in [0.2, 0.25) is 0 Å². The molecule has 3 N–H and O–H groups in total. The first-order chi connectivity index (χ1) is 11.4. The lowest BCUT2D eigenvalue weighted by atomic mass is 10.2. The Balaban J connectivity index is 1.76. The predicted octanol–water partition coefficient (Wildman–Crippen LogP) is 2.98. The fourth-order valence-corrected chi connectivity index (χ4v) is 2.63. The molecular weight excluding hydrogens is 390 g/mol. The molecule has 0 aliphatic rings. The topological polar surface area (TPSA) is 71.0 Å². The Hall–Kier alpha value is -1.93. The molecule has 0 atom stereocenters. The predicted molar refractivity (Wildman–Crippen MR) is 103 cm³/mol. The molecule has 1 amide bonds. The Kier molecular flexibility index (Phi) is 6.33. The summed E-state index contributed by atoms with van der Waals surface area (Å²) in [5, 5.41) is 7.72. The molecule has 0 unspecified atom stereocenters. The van der Waals surface area contributed by atoms with Crippen LogP contribution in [-0.4, -0.2) is 20.8 Å². The van der Waals surface area contributed by atoms with Crippen LogP contribution in [0.25, 0.3) is 0 Å². The van der Waals surface area contributed by atoms with E-state index >= 15 is 0 Å². The number of nitrogens with one attached hydrogen (secondary N) is 3. The van der Waals surface area contributed by atoms with Gasteiger partial charge in [0.2, 0.25) is 5.91 Å². The van der Waals surface area contributed by atoms with Crippen molar-refractivity contribution in [2.45, 2.75) is 33.7 Å². The van der Waals surface area contributed by atoms with Crippen molar-refractivity contribution in [3.05, 3.63) is 45.7 Å². The van der Waals surface area contributed by atoms with Crippen molar-refractivity contribution in [1.29, 1.82) is 0 Å². The van der Waals surface area contributed by atoms with E-state index in [1.807, 2.05) is 49.7 Å². The second-order valence-corrected chi connectivity index (χ2v) is 6.66. The standard InChI is InChI=1S/C16H20BrN5OS/c1-10-5-4-6-13(9-10)18-16(24)20-19-14(23)7-8-22-12(3)15(17)11(2)21-22/h4-6,9H,7-8H2,1-3H3,(H,19,23)(H2,18,20,24). The Bertz CT molecular complexity index is 759. The number of aryl methyl sites for hydroxylation is 3. The molecule has 0 aliphatic carbocycles. The molecule has 8 heteroatoms. The molecule has 0 saturated heterocycles. The zero-order valence-corrected chi connectivity index (χ0v) is 16.2. The number of carbonyl (C=O) groups excluding carboxylic acids is 1. The van der Waals surface area contributed by atoms with Crippen LogP contribution in [0.15, 0.2) is 28.7 Å². The van der Waals surface area contributed by atoms with Gasteiger partial charge >= 0.3 is 0 Å². The number of aromatic nitrogens is 2. The summed E-state index contributed by atoms with van der Waals surface area (Å²) < 4.78 is 2.78. The number of carbonyl (C=O) groups is 1. The number of hydrazine groups is 1. The van der Waals surface area contributed by atoms with Gasteiger partial charge in [0, 0.05) is 17.8 Å². The first kappa shape index (κ1) is 18.4. The molecule has 1 heterocycles. The number of hydrogen-bond donors (Lipinski definition) is 3. The van der Waals surface area contributed by atoms with Gasteiger partial charge < -0.3 is 5.32 Å². The summed E-state index contributed by atoms with van der Waals surface area (Å²) in [6.45, 7) is 6.39. The van der Waals surface area contributed by atoms with Crippen molar-refractivity contribution in [3.63, 3.8) is 0 Å². The highest BCUT2D eigenvalue weighted by molar-refractivity contribution is 9.10. The maximum Gasteiger partial charge on any atom is 0.240 e. The van der Waals surface area contributed by atoms with Gasteiger partial charge in [0.15, 0.2) is 5.11 Å². The van der Waals surface area contributed by atoms with E-state index in [0.717, 1.165) is 27.1 Å². The lowest BCUT2D eigenvalue weighted by molar-refractivity contribution is -0.121. The molecular formula is C16H20BrN5OS. The van der Waals surface area contributed by atoms with Crippen molar-refractivity contribution in [1.82, 2.24) is 20.6 Å². The van der Waals surface area contributed by atoms with E-state index in [0.29, 0.717) is 18.1 Å². The minimum atomic E-state index is -0.160. The molecule has 6 nitrogen and oxygen atoms in total. The average molecular weight is 410 g/mol. The molecule has 0 bridgehead atoms. The number of amides is 1. The summed E-state index contributed by atoms with van der Waals surface area (Å²) in [4.78, 5) is 11.9. The largest absolute Gasteiger partial charge is 0.331 e. The highest BCUT2D eigenvalue weighted by Gasteiger charge is 2.10. The van der Waals surface area contributed by atoms with E-state index in [1.54, 1.807) is 0 Å². The third-order valence-corrected chi connectivity index (χ3v) is 4.79. The lowest BCUT2D eigenvalue weighted by Gasteiger charge is -2.12. The molecule has 1 aromatic heterocycles. The van der Waals surface area contributed by atoms with Crippen molar-refractivity contribution in [2.24, 2.45) is 0 Å². The van der Waals surface area contributed by atoms with Gasteiger partial charge in [-0.2, -0.15) is 5.10 Å². The summed E-state index contributed by atoms with van der Waals surface area (Å²) in [5.74, 6) is -0.160. The van der Waals surface area contributed by atoms with Crippen LogP contribution in [0.5, 0.6) is 0 Å². The lowest BCUT2D eigenvalue weighted by Crippen LogP contribution is -2.44. The number of thiocarbonyl (C=S) groups is 1. The van der Waals surface area contributed by atoms with Crippen LogP contribution >= 0.6 is 28.1 Å². The normalized spacial score (nSPS) is 10.3. The van der Waals surface area contributed by atoms with Crippen LogP contribution in [0.3, 0.4) is 0 Å². The summed E-state index contributed by atoms with van der Waals surface area (Å²) >= 11 is 8.63. The number of halogens is 1. The Morgan fingerprint density at radius 2 is 2.04 bits per heavy atom. The molecule has 0 aliphatic heterocycles. The van der Waals surface area contributed by atoms with Crippen LogP contribution in [-0.2, 0) is 11.3 Å². The van der Waals surface area contributed by atoms with Crippen LogP contribution in [0.1, 0.15) is 23.4 Å². The smallest absolute Gasteiger partial charge is 0.240 e. The van der Waals surface area contributed by atoms with Gasteiger partial charge in [-0.25, -0.2) is 0 Å². The number of hydrogen-bond acceptors (Lipinski definition) is 3. The summed E-state index contributed by atoms with van der Waals surface area (Å²) in [7, 11) is 0. The van der Waals surface area contributed by atoms with Gasteiger partial charge in [-0.15, -0.1) is 0 Å². The third-order valence-electron chi connectivity index (χ3n) is 3.44. The van der Waals surface area contributed by atoms with Crippen molar-refractivity contribution in [3.8, 4) is 0 Å². The summed E-state index contributed by atoms with van der Waals surface area (Å²) in [6, 6.07) is 7.81. The van der Waals surface area contributed by atoms with Crippen molar-refractivity contribution < 1.29 is 4.79 Å². The molecule has 0 saturated carbocycles. The molecule has 2 aromatic rings. The fraction of sp³-hybridized carbons (Fsp3) is 0.312. The molecule has 2 rings (SSSR count). The zero-order valence-electron chi connectivity index (χ0n) is 13.8. The number of nitrogens with zero attached hydrogens (tertiary/aromatic N) is 2. The van der Waals surface area contributed by atoms with Gasteiger partial charge in [0.05, 0.1) is 16.7 Å². The minimum absolute atomic E-state index is 0.160. The Morgan fingerprint density at radius 3 is 2.67 bits per heavy atom.